The number of hydrogen-bond acceptors (Lipinski definition) is 4. The number of aryl methyl sites for hydroxylation is 2. The number of nitrogens with zero attached hydrogens (tertiary/aromatic N) is 2. The van der Waals surface area contributed by atoms with Gasteiger partial charge in [-0.3, -0.25) is 4.79 Å². The standard InChI is InChI=1S/C25H20FN3O2/c1-16-10-17(2)12-21(11-16)29-25(30)19-4-3-5-22(13-19)31-24-14-23(27-15-28-24)18-6-8-20(26)9-7-18/h3-15H,1-2H3,(H,29,30). The lowest BCUT2D eigenvalue weighted by atomic mass is 10.1. The minimum absolute atomic E-state index is 0.231. The summed E-state index contributed by atoms with van der Waals surface area (Å²) in [6.07, 6.45) is 1.38. The summed E-state index contributed by atoms with van der Waals surface area (Å²) in [5.41, 5.74) is 4.71. The lowest BCUT2D eigenvalue weighted by Crippen LogP contribution is -2.12. The molecule has 1 N–H and O–H groups in total. The van der Waals surface area contributed by atoms with Crippen LogP contribution in [0, 0.1) is 19.7 Å². The lowest BCUT2D eigenvalue weighted by molar-refractivity contribution is 0.102. The molecule has 0 aliphatic heterocycles. The summed E-state index contributed by atoms with van der Waals surface area (Å²) >= 11 is 0. The second-order valence-corrected chi connectivity index (χ2v) is 7.21. The van der Waals surface area contributed by atoms with Crippen molar-refractivity contribution in [1.82, 2.24) is 9.97 Å². The number of ether oxygens (including phenoxy) is 1. The Kier molecular flexibility index (Phi) is 5.71. The third kappa shape index (κ3) is 5.11. The monoisotopic (exact) mass is 413 g/mol. The maximum atomic E-state index is 13.2. The Balaban J connectivity index is 1.51. The number of rotatable bonds is 5. The first kappa shape index (κ1) is 20.2. The maximum Gasteiger partial charge on any atom is 0.255 e. The van der Waals surface area contributed by atoms with Crippen molar-refractivity contribution in [3.05, 3.63) is 102 Å². The van der Waals surface area contributed by atoms with Gasteiger partial charge in [0.25, 0.3) is 5.91 Å². The van der Waals surface area contributed by atoms with Crippen molar-refractivity contribution < 1.29 is 13.9 Å². The highest BCUT2D eigenvalue weighted by Crippen LogP contribution is 2.25. The molecule has 3 aromatic carbocycles. The van der Waals surface area contributed by atoms with Crippen LogP contribution < -0.4 is 10.1 Å². The van der Waals surface area contributed by atoms with Crippen molar-refractivity contribution in [3.8, 4) is 22.9 Å². The third-order valence-corrected chi connectivity index (χ3v) is 4.58. The van der Waals surface area contributed by atoms with Gasteiger partial charge >= 0.3 is 0 Å². The minimum atomic E-state index is -0.315. The fraction of sp³-hybridized carbons (Fsp3) is 0.0800. The molecule has 0 atom stereocenters. The SMILES string of the molecule is Cc1cc(C)cc(NC(=O)c2cccc(Oc3cc(-c4ccc(F)cc4)ncn3)c2)c1. The van der Waals surface area contributed by atoms with Gasteiger partial charge in [0.1, 0.15) is 17.9 Å². The fourth-order valence-corrected chi connectivity index (χ4v) is 3.25. The molecule has 0 unspecified atom stereocenters. The number of anilines is 1. The van der Waals surface area contributed by atoms with Crippen molar-refractivity contribution >= 4 is 11.6 Å². The molecule has 1 aromatic heterocycles. The molecule has 0 bridgehead atoms. The summed E-state index contributed by atoms with van der Waals surface area (Å²) < 4.78 is 19.0. The molecule has 4 aromatic rings. The van der Waals surface area contributed by atoms with Crippen molar-refractivity contribution in [2.75, 3.05) is 5.32 Å². The highest BCUT2D eigenvalue weighted by Gasteiger charge is 2.10. The Morgan fingerprint density at radius 2 is 1.65 bits per heavy atom. The van der Waals surface area contributed by atoms with E-state index in [1.54, 1.807) is 42.5 Å². The fourth-order valence-electron chi connectivity index (χ4n) is 3.25. The van der Waals surface area contributed by atoms with Gasteiger partial charge in [-0.1, -0.05) is 12.1 Å². The van der Waals surface area contributed by atoms with Crippen LogP contribution in [0.3, 0.4) is 0 Å². The molecule has 0 saturated carbocycles. The molecule has 0 aliphatic rings. The minimum Gasteiger partial charge on any atom is -0.439 e. The summed E-state index contributed by atoms with van der Waals surface area (Å²) in [6.45, 7) is 3.97. The van der Waals surface area contributed by atoms with Crippen LogP contribution in [0.1, 0.15) is 21.5 Å². The lowest BCUT2D eigenvalue weighted by Gasteiger charge is -2.10. The summed E-state index contributed by atoms with van der Waals surface area (Å²) in [4.78, 5) is 21.0. The van der Waals surface area contributed by atoms with Crippen molar-refractivity contribution in [3.63, 3.8) is 0 Å². The highest BCUT2D eigenvalue weighted by atomic mass is 19.1. The molecule has 6 heteroatoms. The second kappa shape index (κ2) is 8.75. The number of carbonyl (C=O) groups excluding carboxylic acids is 1. The van der Waals surface area contributed by atoms with E-state index in [4.69, 9.17) is 4.74 Å². The number of carbonyl (C=O) groups is 1. The molecular formula is C25H20FN3O2. The van der Waals surface area contributed by atoms with Gasteiger partial charge in [-0.2, -0.15) is 0 Å². The number of benzene rings is 3. The molecule has 0 radical (unpaired) electrons. The second-order valence-electron chi connectivity index (χ2n) is 7.21. The average Bonchev–Trinajstić information content (AvgIpc) is 2.74. The van der Waals surface area contributed by atoms with E-state index in [0.29, 0.717) is 22.9 Å². The molecule has 31 heavy (non-hydrogen) atoms. The quantitative estimate of drug-likeness (QED) is 0.439. The van der Waals surface area contributed by atoms with E-state index in [0.717, 1.165) is 22.4 Å². The van der Waals surface area contributed by atoms with Crippen LogP contribution in [0.4, 0.5) is 10.1 Å². The third-order valence-electron chi connectivity index (χ3n) is 4.58. The maximum absolute atomic E-state index is 13.2. The van der Waals surface area contributed by atoms with E-state index in [1.807, 2.05) is 32.0 Å². The van der Waals surface area contributed by atoms with Gasteiger partial charge in [-0.15, -0.1) is 0 Å². The van der Waals surface area contributed by atoms with Gasteiger partial charge in [0.05, 0.1) is 5.69 Å². The van der Waals surface area contributed by atoms with Crippen LogP contribution in [0.15, 0.2) is 79.1 Å². The van der Waals surface area contributed by atoms with Crippen LogP contribution >= 0.6 is 0 Å². The van der Waals surface area contributed by atoms with Crippen LogP contribution in [-0.2, 0) is 0 Å². The van der Waals surface area contributed by atoms with E-state index < -0.39 is 0 Å². The molecule has 0 saturated heterocycles. The van der Waals surface area contributed by atoms with Gasteiger partial charge in [-0.25, -0.2) is 14.4 Å². The Morgan fingerprint density at radius 3 is 2.39 bits per heavy atom. The van der Waals surface area contributed by atoms with Crippen LogP contribution in [0.25, 0.3) is 11.3 Å². The zero-order valence-corrected chi connectivity index (χ0v) is 17.1. The van der Waals surface area contributed by atoms with Gasteiger partial charge in [-0.05, 0) is 79.6 Å². The Bertz CT molecular complexity index is 1220. The van der Waals surface area contributed by atoms with Gasteiger partial charge in [0, 0.05) is 22.9 Å². The van der Waals surface area contributed by atoms with E-state index >= 15 is 0 Å². The molecule has 1 heterocycles. The normalized spacial score (nSPS) is 10.5. The summed E-state index contributed by atoms with van der Waals surface area (Å²) in [5, 5.41) is 2.92. The van der Waals surface area contributed by atoms with Gasteiger partial charge in [0.2, 0.25) is 5.88 Å². The van der Waals surface area contributed by atoms with E-state index in [9.17, 15) is 9.18 Å². The molecular weight excluding hydrogens is 393 g/mol. The average molecular weight is 413 g/mol. The van der Waals surface area contributed by atoms with Gasteiger partial charge in [0.15, 0.2) is 0 Å². The summed E-state index contributed by atoms with van der Waals surface area (Å²) in [5.74, 6) is 0.244. The van der Waals surface area contributed by atoms with Crippen LogP contribution in [0.2, 0.25) is 0 Å². The number of aromatic nitrogens is 2. The first-order chi connectivity index (χ1) is 15.0. The molecule has 1 amide bonds. The predicted octanol–water partition coefficient (Wildman–Crippen LogP) is 5.94. The molecule has 0 aliphatic carbocycles. The van der Waals surface area contributed by atoms with Gasteiger partial charge < -0.3 is 10.1 Å². The highest BCUT2D eigenvalue weighted by molar-refractivity contribution is 6.04. The van der Waals surface area contributed by atoms with Crippen LogP contribution in [0.5, 0.6) is 11.6 Å². The molecule has 0 fully saturated rings. The van der Waals surface area contributed by atoms with Crippen molar-refractivity contribution in [2.45, 2.75) is 13.8 Å². The number of hydrogen-bond donors (Lipinski definition) is 1. The van der Waals surface area contributed by atoms with Crippen molar-refractivity contribution in [2.24, 2.45) is 0 Å². The predicted molar refractivity (Wildman–Crippen MR) is 118 cm³/mol. The summed E-state index contributed by atoms with van der Waals surface area (Å²) in [7, 11) is 0. The number of nitrogens with one attached hydrogen (secondary N) is 1. The smallest absolute Gasteiger partial charge is 0.255 e. The number of amides is 1. The van der Waals surface area contributed by atoms with E-state index in [-0.39, 0.29) is 11.7 Å². The molecule has 4 rings (SSSR count). The first-order valence-electron chi connectivity index (χ1n) is 9.72. The zero-order chi connectivity index (χ0) is 21.8. The Hall–Kier alpha value is -4.06. The van der Waals surface area contributed by atoms with E-state index in [1.165, 1.54) is 18.5 Å². The topological polar surface area (TPSA) is 64.1 Å². The number of halogens is 1. The van der Waals surface area contributed by atoms with E-state index in [2.05, 4.69) is 15.3 Å². The Labute approximate surface area is 179 Å². The molecule has 5 nitrogen and oxygen atoms in total. The molecule has 0 spiro atoms. The largest absolute Gasteiger partial charge is 0.439 e. The summed E-state index contributed by atoms with van der Waals surface area (Å²) in [6, 6.07) is 20.4. The first-order valence-corrected chi connectivity index (χ1v) is 9.72. The van der Waals surface area contributed by atoms with Crippen molar-refractivity contribution in [1.29, 1.82) is 0 Å². The van der Waals surface area contributed by atoms with Crippen LogP contribution in [-0.4, -0.2) is 15.9 Å². The zero-order valence-electron chi connectivity index (χ0n) is 17.1. The molecule has 154 valence electrons. The Morgan fingerprint density at radius 1 is 0.903 bits per heavy atom.